The monoisotopic (exact) mass is 334 g/mol. The minimum Gasteiger partial charge on any atom is -0.356 e. The highest BCUT2D eigenvalue weighted by Crippen LogP contribution is 2.22. The van der Waals surface area contributed by atoms with Crippen LogP contribution in [0.15, 0.2) is 17.3 Å². The minimum atomic E-state index is 0.0303. The first-order valence-electron chi connectivity index (χ1n) is 8.75. The summed E-state index contributed by atoms with van der Waals surface area (Å²) in [7, 11) is 5.42. The van der Waals surface area contributed by atoms with E-state index in [1.165, 1.54) is 32.1 Å². The number of rotatable bonds is 6. The number of carbonyl (C=O) groups is 1. The molecule has 2 rings (SSSR count). The molecule has 1 saturated carbocycles. The lowest BCUT2D eigenvalue weighted by Crippen LogP contribution is -2.44. The van der Waals surface area contributed by atoms with Gasteiger partial charge in [0, 0.05) is 33.9 Å². The number of aliphatic imine (C=N–C) groups is 1. The van der Waals surface area contributed by atoms with E-state index in [1.54, 1.807) is 25.2 Å². The second-order valence-electron chi connectivity index (χ2n) is 6.64. The molecular weight excluding hydrogens is 304 g/mol. The molecule has 1 aliphatic rings. The number of nitrogens with zero attached hydrogens (tertiary/aromatic N) is 4. The molecular formula is C17H30N6O. The van der Waals surface area contributed by atoms with E-state index >= 15 is 0 Å². The lowest BCUT2D eigenvalue weighted by atomic mass is 9.89. The Morgan fingerprint density at radius 2 is 2.08 bits per heavy atom. The molecule has 7 heteroatoms. The molecule has 0 bridgehead atoms. The van der Waals surface area contributed by atoms with E-state index in [9.17, 15) is 4.79 Å². The number of hydrogen-bond acceptors (Lipinski definition) is 3. The van der Waals surface area contributed by atoms with Crippen molar-refractivity contribution in [1.29, 1.82) is 0 Å². The van der Waals surface area contributed by atoms with Crippen LogP contribution >= 0.6 is 0 Å². The van der Waals surface area contributed by atoms with Crippen molar-refractivity contribution < 1.29 is 4.79 Å². The third-order valence-corrected chi connectivity index (χ3v) is 4.51. The van der Waals surface area contributed by atoms with Crippen LogP contribution in [0, 0.1) is 5.92 Å². The maximum atomic E-state index is 11.8. The second-order valence-corrected chi connectivity index (χ2v) is 6.64. The molecule has 1 fully saturated rings. The third kappa shape index (κ3) is 5.86. The molecule has 2 N–H and O–H groups in total. The molecule has 24 heavy (non-hydrogen) atoms. The highest BCUT2D eigenvalue weighted by Gasteiger charge is 2.14. The van der Waals surface area contributed by atoms with Crippen molar-refractivity contribution >= 4 is 11.9 Å². The fourth-order valence-corrected chi connectivity index (χ4v) is 2.84. The number of guanidine groups is 1. The lowest BCUT2D eigenvalue weighted by molar-refractivity contribution is -0.127. The first kappa shape index (κ1) is 18.3. The number of aromatic nitrogens is 2. The van der Waals surface area contributed by atoms with Crippen molar-refractivity contribution in [2.24, 2.45) is 18.0 Å². The Morgan fingerprint density at radius 3 is 2.71 bits per heavy atom. The lowest BCUT2D eigenvalue weighted by Gasteiger charge is -2.23. The molecule has 1 aliphatic carbocycles. The standard InChI is InChI=1S/C17H30N6O/c1-22(2)16(24)13-20-17(18-11-14-7-5-4-6-8-14)19-12-15-9-10-21-23(15)3/h9-10,14H,4-8,11-13H2,1-3H3,(H2,18,19,20). The fraction of sp³-hybridized carbons (Fsp3) is 0.706. The van der Waals surface area contributed by atoms with Crippen LogP contribution in [-0.2, 0) is 18.4 Å². The molecule has 134 valence electrons. The highest BCUT2D eigenvalue weighted by atomic mass is 16.2. The SMILES string of the molecule is CN(C)C(=O)CNC(=NCc1ccnn1C)NCC1CCCCC1. The number of likely N-dealkylation sites (N-methyl/N-ethyl adjacent to an activating group) is 1. The normalized spacial score (nSPS) is 16.0. The van der Waals surface area contributed by atoms with E-state index in [2.05, 4.69) is 20.7 Å². The van der Waals surface area contributed by atoms with Gasteiger partial charge in [-0.2, -0.15) is 5.10 Å². The Bertz CT molecular complexity index is 545. The predicted octanol–water partition coefficient (Wildman–Crippen LogP) is 1.12. The van der Waals surface area contributed by atoms with E-state index in [0.29, 0.717) is 18.4 Å². The van der Waals surface area contributed by atoms with Gasteiger partial charge in [-0.3, -0.25) is 9.48 Å². The van der Waals surface area contributed by atoms with Crippen molar-refractivity contribution in [3.05, 3.63) is 18.0 Å². The van der Waals surface area contributed by atoms with Gasteiger partial charge in [0.25, 0.3) is 0 Å². The van der Waals surface area contributed by atoms with E-state index in [1.807, 2.05) is 17.8 Å². The minimum absolute atomic E-state index is 0.0303. The average molecular weight is 334 g/mol. The maximum Gasteiger partial charge on any atom is 0.241 e. The Morgan fingerprint density at radius 1 is 1.33 bits per heavy atom. The first-order valence-corrected chi connectivity index (χ1v) is 8.75. The maximum absolute atomic E-state index is 11.8. The second kappa shape index (κ2) is 9.30. The number of carbonyl (C=O) groups excluding carboxylic acids is 1. The van der Waals surface area contributed by atoms with Gasteiger partial charge < -0.3 is 15.5 Å². The summed E-state index contributed by atoms with van der Waals surface area (Å²) in [5.41, 5.74) is 1.03. The van der Waals surface area contributed by atoms with E-state index in [0.717, 1.165) is 12.2 Å². The van der Waals surface area contributed by atoms with Crippen LogP contribution in [0.1, 0.15) is 37.8 Å². The van der Waals surface area contributed by atoms with Crippen molar-refractivity contribution in [3.8, 4) is 0 Å². The zero-order chi connectivity index (χ0) is 17.4. The van der Waals surface area contributed by atoms with Crippen molar-refractivity contribution in [2.75, 3.05) is 27.2 Å². The van der Waals surface area contributed by atoms with Gasteiger partial charge in [-0.15, -0.1) is 0 Å². The highest BCUT2D eigenvalue weighted by molar-refractivity contribution is 5.86. The largest absolute Gasteiger partial charge is 0.356 e. The van der Waals surface area contributed by atoms with Crippen molar-refractivity contribution in [2.45, 2.75) is 38.6 Å². The average Bonchev–Trinajstić information content (AvgIpc) is 2.99. The summed E-state index contributed by atoms with van der Waals surface area (Å²) < 4.78 is 1.81. The molecule has 1 aromatic heterocycles. The summed E-state index contributed by atoms with van der Waals surface area (Å²) in [5.74, 6) is 1.42. The summed E-state index contributed by atoms with van der Waals surface area (Å²) in [6.07, 6.45) is 8.31. The predicted molar refractivity (Wildman–Crippen MR) is 95.6 cm³/mol. The van der Waals surface area contributed by atoms with Crippen LogP contribution in [0.2, 0.25) is 0 Å². The zero-order valence-electron chi connectivity index (χ0n) is 15.1. The van der Waals surface area contributed by atoms with Crippen LogP contribution in [0.4, 0.5) is 0 Å². The van der Waals surface area contributed by atoms with Crippen LogP contribution < -0.4 is 10.6 Å². The molecule has 1 heterocycles. The molecule has 0 atom stereocenters. The molecule has 1 amide bonds. The summed E-state index contributed by atoms with van der Waals surface area (Å²) in [6.45, 7) is 1.69. The summed E-state index contributed by atoms with van der Waals surface area (Å²) >= 11 is 0. The molecule has 0 radical (unpaired) electrons. The van der Waals surface area contributed by atoms with Crippen molar-refractivity contribution in [3.63, 3.8) is 0 Å². The summed E-state index contributed by atoms with van der Waals surface area (Å²) in [5, 5.41) is 10.7. The Labute approximate surface area is 144 Å². The van der Waals surface area contributed by atoms with Gasteiger partial charge in [-0.05, 0) is 24.8 Å². The van der Waals surface area contributed by atoms with Gasteiger partial charge in [0.2, 0.25) is 5.91 Å². The number of aryl methyl sites for hydroxylation is 1. The van der Waals surface area contributed by atoms with E-state index in [-0.39, 0.29) is 12.5 Å². The van der Waals surface area contributed by atoms with Crippen LogP contribution in [0.5, 0.6) is 0 Å². The number of amides is 1. The molecule has 7 nitrogen and oxygen atoms in total. The Hall–Kier alpha value is -2.05. The quantitative estimate of drug-likeness (QED) is 0.604. The number of nitrogens with one attached hydrogen (secondary N) is 2. The van der Waals surface area contributed by atoms with Crippen LogP contribution in [-0.4, -0.2) is 53.7 Å². The van der Waals surface area contributed by atoms with Crippen molar-refractivity contribution in [1.82, 2.24) is 25.3 Å². The van der Waals surface area contributed by atoms with E-state index in [4.69, 9.17) is 0 Å². The fourth-order valence-electron chi connectivity index (χ4n) is 2.84. The summed E-state index contributed by atoms with van der Waals surface area (Å²) in [4.78, 5) is 18.0. The number of hydrogen-bond donors (Lipinski definition) is 2. The van der Waals surface area contributed by atoms with Gasteiger partial charge in [0.05, 0.1) is 18.8 Å². The van der Waals surface area contributed by atoms with Gasteiger partial charge >= 0.3 is 0 Å². The molecule has 0 spiro atoms. The third-order valence-electron chi connectivity index (χ3n) is 4.51. The molecule has 0 unspecified atom stereocenters. The summed E-state index contributed by atoms with van der Waals surface area (Å²) in [6, 6.07) is 1.95. The van der Waals surface area contributed by atoms with Gasteiger partial charge in [0.1, 0.15) is 0 Å². The van der Waals surface area contributed by atoms with Crippen LogP contribution in [0.3, 0.4) is 0 Å². The van der Waals surface area contributed by atoms with Gasteiger partial charge in [0.15, 0.2) is 5.96 Å². The molecule has 1 aromatic rings. The Kier molecular flexibility index (Phi) is 7.08. The first-order chi connectivity index (χ1) is 11.6. The Balaban J connectivity index is 1.91. The van der Waals surface area contributed by atoms with Gasteiger partial charge in [-0.1, -0.05) is 19.3 Å². The smallest absolute Gasteiger partial charge is 0.241 e. The molecule has 0 aromatic carbocycles. The zero-order valence-corrected chi connectivity index (χ0v) is 15.1. The molecule has 0 saturated heterocycles. The van der Waals surface area contributed by atoms with Crippen LogP contribution in [0.25, 0.3) is 0 Å². The molecule has 0 aliphatic heterocycles. The topological polar surface area (TPSA) is 74.5 Å². The van der Waals surface area contributed by atoms with Gasteiger partial charge in [-0.25, -0.2) is 4.99 Å². The van der Waals surface area contributed by atoms with E-state index < -0.39 is 0 Å².